The summed E-state index contributed by atoms with van der Waals surface area (Å²) in [5.74, 6) is 0.143. The highest BCUT2D eigenvalue weighted by Crippen LogP contribution is 2.41. The van der Waals surface area contributed by atoms with E-state index in [1.807, 2.05) is 13.8 Å². The third kappa shape index (κ3) is 7.73. The van der Waals surface area contributed by atoms with Crippen LogP contribution < -0.4 is 24.3 Å². The summed E-state index contributed by atoms with van der Waals surface area (Å²) in [6.07, 6.45) is 0. The maximum Gasteiger partial charge on any atom is 0.258 e. The van der Waals surface area contributed by atoms with E-state index in [1.165, 1.54) is 13.0 Å². The van der Waals surface area contributed by atoms with Gasteiger partial charge in [-0.3, -0.25) is 9.59 Å². The van der Waals surface area contributed by atoms with E-state index >= 15 is 0 Å². The second kappa shape index (κ2) is 13.7. The Bertz CT molecular complexity index is 1050. The summed E-state index contributed by atoms with van der Waals surface area (Å²) in [6, 6.07) is 4.74. The number of Topliss-reactive ketones (excluding diaryl/α,β-unsaturated/α-hetero) is 1. The van der Waals surface area contributed by atoms with Crippen LogP contribution in [0.4, 0.5) is 11.4 Å². The van der Waals surface area contributed by atoms with E-state index in [2.05, 4.69) is 15.5 Å². The number of amides is 1. The van der Waals surface area contributed by atoms with Gasteiger partial charge in [0, 0.05) is 28.9 Å². The molecule has 0 fully saturated rings. The number of anilines is 1. The third-order valence-electron chi connectivity index (χ3n) is 4.38. The van der Waals surface area contributed by atoms with Crippen molar-refractivity contribution in [3.8, 4) is 23.0 Å². The summed E-state index contributed by atoms with van der Waals surface area (Å²) in [7, 11) is 0. The highest BCUT2D eigenvalue weighted by atomic mass is 35.5. The SMILES string of the molecule is CCOc1cc(Cl)cc(OCC)c1N=NC(C(C)=O)C(=O)Nc1cc(Cl)c(OCC)c(OCC)c1. The summed E-state index contributed by atoms with van der Waals surface area (Å²) < 4.78 is 22.3. The lowest BCUT2D eigenvalue weighted by molar-refractivity contribution is -0.126. The fraction of sp³-hybridized carbons (Fsp3) is 0.417. The van der Waals surface area contributed by atoms with Gasteiger partial charge >= 0.3 is 0 Å². The molecular formula is C24H29Cl2N3O6. The zero-order valence-electron chi connectivity index (χ0n) is 20.3. The first-order valence-electron chi connectivity index (χ1n) is 11.2. The molecule has 190 valence electrons. The second-order valence-electron chi connectivity index (χ2n) is 6.99. The molecule has 1 N–H and O–H groups in total. The molecule has 1 unspecified atom stereocenters. The first kappa shape index (κ1) is 28.2. The Labute approximate surface area is 214 Å². The van der Waals surface area contributed by atoms with Crippen LogP contribution in [-0.4, -0.2) is 44.2 Å². The van der Waals surface area contributed by atoms with E-state index in [0.29, 0.717) is 60.1 Å². The predicted molar refractivity (Wildman–Crippen MR) is 135 cm³/mol. The summed E-state index contributed by atoms with van der Waals surface area (Å²) in [5.41, 5.74) is 0.532. The molecule has 0 aliphatic rings. The fourth-order valence-corrected chi connectivity index (χ4v) is 3.48. The Morgan fingerprint density at radius 1 is 0.857 bits per heavy atom. The van der Waals surface area contributed by atoms with Gasteiger partial charge in [0.25, 0.3) is 5.91 Å². The molecule has 1 atom stereocenters. The monoisotopic (exact) mass is 525 g/mol. The first-order chi connectivity index (χ1) is 16.7. The number of carbonyl (C=O) groups excluding carboxylic acids is 2. The Balaban J connectivity index is 2.38. The van der Waals surface area contributed by atoms with Crippen molar-refractivity contribution in [2.75, 3.05) is 31.7 Å². The highest BCUT2D eigenvalue weighted by molar-refractivity contribution is 6.32. The maximum atomic E-state index is 13.0. The van der Waals surface area contributed by atoms with Crippen LogP contribution in [0.15, 0.2) is 34.5 Å². The standard InChI is InChI=1S/C24H29Cl2N3O6/c1-6-32-18-10-15(25)11-19(33-7-2)22(18)29-28-21(14(5)30)24(31)27-16-12-17(26)23(35-9-4)20(13-16)34-8-3/h10-13,21H,6-9H2,1-5H3,(H,27,31). The number of halogens is 2. The minimum atomic E-state index is -1.43. The van der Waals surface area contributed by atoms with Crippen LogP contribution in [-0.2, 0) is 9.59 Å². The number of rotatable bonds is 13. The minimum Gasteiger partial charge on any atom is -0.491 e. The molecule has 0 spiro atoms. The van der Waals surface area contributed by atoms with E-state index in [4.69, 9.17) is 42.1 Å². The number of azo groups is 1. The van der Waals surface area contributed by atoms with Crippen molar-refractivity contribution in [1.82, 2.24) is 0 Å². The van der Waals surface area contributed by atoms with E-state index in [1.54, 1.807) is 32.0 Å². The second-order valence-corrected chi connectivity index (χ2v) is 7.83. The molecule has 1 amide bonds. The molecule has 35 heavy (non-hydrogen) atoms. The van der Waals surface area contributed by atoms with Crippen LogP contribution in [0.25, 0.3) is 0 Å². The smallest absolute Gasteiger partial charge is 0.258 e. The minimum absolute atomic E-state index is 0.222. The lowest BCUT2D eigenvalue weighted by atomic mass is 10.2. The van der Waals surface area contributed by atoms with Crippen LogP contribution in [0.3, 0.4) is 0 Å². The topological polar surface area (TPSA) is 108 Å². The third-order valence-corrected chi connectivity index (χ3v) is 4.88. The molecule has 0 aliphatic heterocycles. The normalized spacial score (nSPS) is 11.7. The van der Waals surface area contributed by atoms with Gasteiger partial charge in [-0.1, -0.05) is 23.2 Å². The number of ketones is 1. The number of hydrogen-bond acceptors (Lipinski definition) is 8. The van der Waals surface area contributed by atoms with Gasteiger partial charge in [0.2, 0.25) is 6.04 Å². The Kier molecular flexibility index (Phi) is 11.1. The summed E-state index contributed by atoms with van der Waals surface area (Å²) in [5, 5.41) is 11.4. The molecule has 0 aliphatic carbocycles. The summed E-state index contributed by atoms with van der Waals surface area (Å²) >= 11 is 12.5. The quantitative estimate of drug-likeness (QED) is 0.244. The molecule has 0 radical (unpaired) electrons. The number of carbonyl (C=O) groups is 2. The van der Waals surface area contributed by atoms with E-state index in [9.17, 15) is 9.59 Å². The van der Waals surface area contributed by atoms with Crippen molar-refractivity contribution in [2.24, 2.45) is 10.2 Å². The van der Waals surface area contributed by atoms with Crippen molar-refractivity contribution in [2.45, 2.75) is 40.7 Å². The molecule has 2 rings (SSSR count). The zero-order chi connectivity index (χ0) is 26.0. The predicted octanol–water partition coefficient (Wildman–Crippen LogP) is 6.27. The van der Waals surface area contributed by atoms with E-state index < -0.39 is 17.7 Å². The number of benzene rings is 2. The highest BCUT2D eigenvalue weighted by Gasteiger charge is 2.25. The Morgan fingerprint density at radius 2 is 1.40 bits per heavy atom. The molecule has 0 saturated heterocycles. The summed E-state index contributed by atoms with van der Waals surface area (Å²) in [4.78, 5) is 25.2. The molecule has 0 aromatic heterocycles. The van der Waals surface area contributed by atoms with Crippen LogP contribution in [0.2, 0.25) is 10.0 Å². The molecule has 2 aromatic carbocycles. The number of ether oxygens (including phenoxy) is 4. The van der Waals surface area contributed by atoms with Gasteiger partial charge in [-0.25, -0.2) is 0 Å². The molecule has 2 aromatic rings. The number of nitrogens with zero attached hydrogens (tertiary/aromatic N) is 2. The molecule has 0 bridgehead atoms. The first-order valence-corrected chi connectivity index (χ1v) is 11.9. The maximum absolute atomic E-state index is 13.0. The Hall–Kier alpha value is -3.04. The van der Waals surface area contributed by atoms with Gasteiger partial charge < -0.3 is 24.3 Å². The average molecular weight is 526 g/mol. The van der Waals surface area contributed by atoms with Crippen molar-refractivity contribution in [3.05, 3.63) is 34.3 Å². The van der Waals surface area contributed by atoms with Crippen molar-refractivity contribution in [3.63, 3.8) is 0 Å². The van der Waals surface area contributed by atoms with Gasteiger partial charge in [0.1, 0.15) is 0 Å². The molecule has 11 heteroatoms. The van der Waals surface area contributed by atoms with E-state index in [0.717, 1.165) is 0 Å². The summed E-state index contributed by atoms with van der Waals surface area (Å²) in [6.45, 7) is 9.90. The molecular weight excluding hydrogens is 497 g/mol. The van der Waals surface area contributed by atoms with Crippen LogP contribution in [0.5, 0.6) is 23.0 Å². The van der Waals surface area contributed by atoms with Crippen molar-refractivity contribution < 1.29 is 28.5 Å². The zero-order valence-corrected chi connectivity index (χ0v) is 21.8. The lowest BCUT2D eigenvalue weighted by Gasteiger charge is -2.16. The fourth-order valence-electron chi connectivity index (χ4n) is 3.01. The molecule has 0 saturated carbocycles. The Morgan fingerprint density at radius 3 is 1.91 bits per heavy atom. The number of nitrogens with one attached hydrogen (secondary N) is 1. The number of hydrogen-bond donors (Lipinski definition) is 1. The molecule has 0 heterocycles. The lowest BCUT2D eigenvalue weighted by Crippen LogP contribution is -2.31. The van der Waals surface area contributed by atoms with Gasteiger partial charge in [-0.05, 0) is 40.7 Å². The van der Waals surface area contributed by atoms with Gasteiger partial charge in [0.15, 0.2) is 34.5 Å². The van der Waals surface area contributed by atoms with Crippen molar-refractivity contribution >= 4 is 46.3 Å². The van der Waals surface area contributed by atoms with Gasteiger partial charge in [-0.15, -0.1) is 5.11 Å². The van der Waals surface area contributed by atoms with Crippen LogP contribution >= 0.6 is 23.2 Å². The van der Waals surface area contributed by atoms with Crippen molar-refractivity contribution in [1.29, 1.82) is 0 Å². The van der Waals surface area contributed by atoms with Gasteiger partial charge in [0.05, 0.1) is 31.5 Å². The largest absolute Gasteiger partial charge is 0.491 e. The van der Waals surface area contributed by atoms with Crippen LogP contribution in [0.1, 0.15) is 34.6 Å². The van der Waals surface area contributed by atoms with Crippen LogP contribution in [0, 0.1) is 0 Å². The van der Waals surface area contributed by atoms with Gasteiger partial charge in [-0.2, -0.15) is 5.11 Å². The van der Waals surface area contributed by atoms with E-state index in [-0.39, 0.29) is 10.7 Å². The molecule has 9 nitrogen and oxygen atoms in total. The average Bonchev–Trinajstić information content (AvgIpc) is 2.78.